The first-order valence-electron chi connectivity index (χ1n) is 5.65. The molecule has 1 heterocycles. The number of aryl methyl sites for hydroxylation is 3. The highest BCUT2D eigenvalue weighted by molar-refractivity contribution is 5.73. The number of methoxy groups -OCH3 is 1. The molecule has 1 atom stereocenters. The normalized spacial score (nSPS) is 19.1. The molecule has 3 nitrogen and oxygen atoms in total. The van der Waals surface area contributed by atoms with Gasteiger partial charge in [-0.15, -0.1) is 0 Å². The van der Waals surface area contributed by atoms with E-state index in [0.29, 0.717) is 0 Å². The lowest BCUT2D eigenvalue weighted by molar-refractivity contribution is -0.145. The second-order valence-electron chi connectivity index (χ2n) is 4.45. The summed E-state index contributed by atoms with van der Waals surface area (Å²) in [5.41, 5.74) is 4.72. The van der Waals surface area contributed by atoms with Crippen LogP contribution in [0.5, 0.6) is 0 Å². The van der Waals surface area contributed by atoms with Crippen LogP contribution in [0.1, 0.15) is 28.9 Å². The van der Waals surface area contributed by atoms with Gasteiger partial charge in [0.25, 0.3) is 0 Å². The molecule has 1 aliphatic carbocycles. The summed E-state index contributed by atoms with van der Waals surface area (Å²) in [6, 6.07) is 2.13. The van der Waals surface area contributed by atoms with Crippen LogP contribution in [0.2, 0.25) is 0 Å². The molecule has 0 aliphatic heterocycles. The van der Waals surface area contributed by atoms with Crippen molar-refractivity contribution in [3.05, 3.63) is 28.6 Å². The number of carbonyl (C=O) groups is 1. The van der Waals surface area contributed by atoms with E-state index in [9.17, 15) is 4.79 Å². The number of nitrogens with zero attached hydrogens (tertiary/aromatic N) is 1. The summed E-state index contributed by atoms with van der Waals surface area (Å²) in [6.45, 7) is 4.03. The molecule has 0 fully saturated rings. The molecule has 1 aromatic rings. The second-order valence-corrected chi connectivity index (χ2v) is 4.45. The highest BCUT2D eigenvalue weighted by Crippen LogP contribution is 2.28. The van der Waals surface area contributed by atoms with Crippen LogP contribution in [0.25, 0.3) is 0 Å². The molecule has 0 radical (unpaired) electrons. The number of hydrogen-bond donors (Lipinski definition) is 0. The molecule has 1 aromatic heterocycles. The zero-order chi connectivity index (χ0) is 11.7. The van der Waals surface area contributed by atoms with E-state index >= 15 is 0 Å². The van der Waals surface area contributed by atoms with Crippen molar-refractivity contribution in [2.24, 2.45) is 5.92 Å². The number of carbonyl (C=O) groups excluding carboxylic acids is 1. The van der Waals surface area contributed by atoms with Crippen molar-refractivity contribution in [3.8, 4) is 0 Å². The van der Waals surface area contributed by atoms with Crippen LogP contribution in [-0.2, 0) is 22.4 Å². The Balaban J connectivity index is 2.30. The monoisotopic (exact) mass is 219 g/mol. The van der Waals surface area contributed by atoms with Crippen LogP contribution in [0.3, 0.4) is 0 Å². The highest BCUT2D eigenvalue weighted by atomic mass is 16.5. The number of fused-ring (bicyclic) bond motifs is 1. The Morgan fingerprint density at radius 3 is 2.94 bits per heavy atom. The predicted octanol–water partition coefficient (Wildman–Crippen LogP) is 1.98. The molecule has 0 bridgehead atoms. The van der Waals surface area contributed by atoms with Crippen molar-refractivity contribution in [1.29, 1.82) is 0 Å². The highest BCUT2D eigenvalue weighted by Gasteiger charge is 2.26. The zero-order valence-electron chi connectivity index (χ0n) is 10.0. The van der Waals surface area contributed by atoms with Gasteiger partial charge >= 0.3 is 5.97 Å². The third-order valence-electron chi connectivity index (χ3n) is 3.30. The van der Waals surface area contributed by atoms with Crippen molar-refractivity contribution in [3.63, 3.8) is 0 Å². The first-order chi connectivity index (χ1) is 7.61. The Hall–Kier alpha value is -1.38. The zero-order valence-corrected chi connectivity index (χ0v) is 10.0. The van der Waals surface area contributed by atoms with Crippen molar-refractivity contribution >= 4 is 5.97 Å². The lowest BCUT2D eigenvalue weighted by atomic mass is 9.83. The van der Waals surface area contributed by atoms with Gasteiger partial charge in [-0.05, 0) is 50.3 Å². The molecule has 0 N–H and O–H groups in total. The van der Waals surface area contributed by atoms with Gasteiger partial charge in [-0.3, -0.25) is 9.78 Å². The maximum atomic E-state index is 11.5. The van der Waals surface area contributed by atoms with Crippen LogP contribution in [-0.4, -0.2) is 18.1 Å². The Morgan fingerprint density at radius 1 is 1.50 bits per heavy atom. The van der Waals surface area contributed by atoms with E-state index in [0.717, 1.165) is 30.7 Å². The van der Waals surface area contributed by atoms with Gasteiger partial charge in [0.15, 0.2) is 0 Å². The number of esters is 1. The summed E-state index contributed by atoms with van der Waals surface area (Å²) >= 11 is 0. The van der Waals surface area contributed by atoms with Gasteiger partial charge in [0.2, 0.25) is 0 Å². The SMILES string of the molecule is COC(=O)[C@H]1CCc2cc(C)nc(C)c2C1. The van der Waals surface area contributed by atoms with Gasteiger partial charge in [0.1, 0.15) is 0 Å². The Morgan fingerprint density at radius 2 is 2.25 bits per heavy atom. The maximum Gasteiger partial charge on any atom is 0.309 e. The molecule has 1 aliphatic rings. The Kier molecular flexibility index (Phi) is 2.95. The number of pyridine rings is 1. The molecule has 0 unspecified atom stereocenters. The summed E-state index contributed by atoms with van der Waals surface area (Å²) in [5.74, 6) is -0.0775. The van der Waals surface area contributed by atoms with Crippen LogP contribution < -0.4 is 0 Å². The van der Waals surface area contributed by atoms with Crippen molar-refractivity contribution in [2.45, 2.75) is 33.1 Å². The van der Waals surface area contributed by atoms with E-state index in [-0.39, 0.29) is 11.9 Å². The van der Waals surface area contributed by atoms with Crippen LogP contribution in [0, 0.1) is 19.8 Å². The molecular formula is C13H17NO2. The second kappa shape index (κ2) is 4.24. The Labute approximate surface area is 95.8 Å². The summed E-state index contributed by atoms with van der Waals surface area (Å²) < 4.78 is 4.81. The predicted molar refractivity (Wildman–Crippen MR) is 61.2 cm³/mol. The van der Waals surface area contributed by atoms with Gasteiger partial charge in [-0.2, -0.15) is 0 Å². The Bertz CT molecular complexity index is 426. The summed E-state index contributed by atoms with van der Waals surface area (Å²) in [6.07, 6.45) is 2.63. The fraction of sp³-hybridized carbons (Fsp3) is 0.538. The molecule has 0 saturated carbocycles. The third-order valence-corrected chi connectivity index (χ3v) is 3.30. The van der Waals surface area contributed by atoms with E-state index in [1.165, 1.54) is 18.2 Å². The standard InChI is InChI=1S/C13H17NO2/c1-8-6-10-4-5-11(13(15)16-3)7-12(10)9(2)14-8/h6,11H,4-5,7H2,1-3H3/t11-/m0/s1. The fourth-order valence-corrected chi connectivity index (χ4v) is 2.48. The largest absolute Gasteiger partial charge is 0.469 e. The number of aromatic nitrogens is 1. The maximum absolute atomic E-state index is 11.5. The molecule has 0 saturated heterocycles. The van der Waals surface area contributed by atoms with Crippen LogP contribution >= 0.6 is 0 Å². The molecule has 0 spiro atoms. The minimum Gasteiger partial charge on any atom is -0.469 e. The van der Waals surface area contributed by atoms with E-state index in [1.807, 2.05) is 13.8 Å². The van der Waals surface area contributed by atoms with E-state index in [4.69, 9.17) is 4.74 Å². The first kappa shape index (κ1) is 11.1. The van der Waals surface area contributed by atoms with Crippen LogP contribution in [0.15, 0.2) is 6.07 Å². The van der Waals surface area contributed by atoms with Crippen molar-refractivity contribution in [2.75, 3.05) is 7.11 Å². The van der Waals surface area contributed by atoms with E-state index < -0.39 is 0 Å². The third kappa shape index (κ3) is 1.94. The molecule has 0 amide bonds. The van der Waals surface area contributed by atoms with E-state index in [2.05, 4.69) is 11.1 Å². The molecule has 86 valence electrons. The first-order valence-corrected chi connectivity index (χ1v) is 5.65. The van der Waals surface area contributed by atoms with Gasteiger partial charge < -0.3 is 4.74 Å². The molecular weight excluding hydrogens is 202 g/mol. The van der Waals surface area contributed by atoms with Gasteiger partial charge in [0.05, 0.1) is 13.0 Å². The van der Waals surface area contributed by atoms with Crippen molar-refractivity contribution in [1.82, 2.24) is 4.98 Å². The summed E-state index contributed by atoms with van der Waals surface area (Å²) in [7, 11) is 1.46. The number of ether oxygens (including phenoxy) is 1. The molecule has 0 aromatic carbocycles. The topological polar surface area (TPSA) is 39.2 Å². The van der Waals surface area contributed by atoms with Crippen molar-refractivity contribution < 1.29 is 9.53 Å². The fourth-order valence-electron chi connectivity index (χ4n) is 2.48. The molecule has 3 heteroatoms. The lowest BCUT2D eigenvalue weighted by Crippen LogP contribution is -2.24. The van der Waals surface area contributed by atoms with Gasteiger partial charge in [0, 0.05) is 11.4 Å². The lowest BCUT2D eigenvalue weighted by Gasteiger charge is -2.24. The summed E-state index contributed by atoms with van der Waals surface area (Å²) in [4.78, 5) is 16.0. The molecule has 2 rings (SSSR count). The average molecular weight is 219 g/mol. The van der Waals surface area contributed by atoms with E-state index in [1.54, 1.807) is 0 Å². The quantitative estimate of drug-likeness (QED) is 0.678. The smallest absolute Gasteiger partial charge is 0.309 e. The number of rotatable bonds is 1. The van der Waals surface area contributed by atoms with Gasteiger partial charge in [-0.25, -0.2) is 0 Å². The number of hydrogen-bond acceptors (Lipinski definition) is 3. The molecule has 16 heavy (non-hydrogen) atoms. The minimum atomic E-state index is -0.0920. The average Bonchev–Trinajstić information content (AvgIpc) is 2.27. The summed E-state index contributed by atoms with van der Waals surface area (Å²) in [5, 5.41) is 0. The minimum absolute atomic E-state index is 0.0145. The van der Waals surface area contributed by atoms with Gasteiger partial charge in [-0.1, -0.05) is 0 Å². The van der Waals surface area contributed by atoms with Crippen LogP contribution in [0.4, 0.5) is 0 Å².